The first-order valence-electron chi connectivity index (χ1n) is 7.91. The van der Waals surface area contributed by atoms with Gasteiger partial charge in [-0.1, -0.05) is 29.5 Å². The first-order chi connectivity index (χ1) is 12.9. The number of esters is 1. The number of carbonyl (C=O) groups is 1. The lowest BCUT2D eigenvalue weighted by Gasteiger charge is -2.09. The summed E-state index contributed by atoms with van der Waals surface area (Å²) in [5.74, 6) is -0.199. The molecule has 0 amide bonds. The van der Waals surface area contributed by atoms with Crippen LogP contribution in [0.5, 0.6) is 0 Å². The maximum absolute atomic E-state index is 12.5. The zero-order valence-electron chi connectivity index (χ0n) is 14.5. The Morgan fingerprint density at radius 2 is 1.93 bits per heavy atom. The molecule has 1 heterocycles. The maximum Gasteiger partial charge on any atom is 0.340 e. The van der Waals surface area contributed by atoms with Crippen molar-refractivity contribution >= 4 is 23.4 Å². The van der Waals surface area contributed by atoms with Crippen molar-refractivity contribution in [2.45, 2.75) is 30.2 Å². The largest absolute Gasteiger partial charge is 0.452 e. The monoisotopic (exact) mass is 385 g/mol. The fourth-order valence-electron chi connectivity index (χ4n) is 2.21. The molecule has 3 rings (SSSR count). The van der Waals surface area contributed by atoms with Crippen LogP contribution in [0, 0.1) is 24.0 Å². The van der Waals surface area contributed by atoms with Gasteiger partial charge in [0.05, 0.1) is 10.5 Å². The molecule has 0 aliphatic carbocycles. The van der Waals surface area contributed by atoms with Crippen LogP contribution in [-0.4, -0.2) is 21.1 Å². The van der Waals surface area contributed by atoms with Gasteiger partial charge >= 0.3 is 5.97 Å². The number of nitrogens with zero attached hydrogens (tertiary/aromatic N) is 3. The lowest BCUT2D eigenvalue weighted by Crippen LogP contribution is -2.07. The number of nitro benzene ring substituents is 1. The Balaban J connectivity index is 1.85. The van der Waals surface area contributed by atoms with Crippen molar-refractivity contribution in [3.05, 3.63) is 75.5 Å². The number of hydrogen-bond acceptors (Lipinski definition) is 8. The molecule has 0 N–H and O–H groups in total. The van der Waals surface area contributed by atoms with Gasteiger partial charge in [0.2, 0.25) is 5.89 Å². The van der Waals surface area contributed by atoms with E-state index in [1.54, 1.807) is 6.92 Å². The highest BCUT2D eigenvalue weighted by Crippen LogP contribution is 2.33. The fraction of sp³-hybridized carbons (Fsp3) is 0.167. The van der Waals surface area contributed by atoms with Gasteiger partial charge in [0.25, 0.3) is 11.6 Å². The summed E-state index contributed by atoms with van der Waals surface area (Å²) in [6.45, 7) is 3.38. The molecule has 3 aromatic rings. The van der Waals surface area contributed by atoms with Crippen LogP contribution in [0.2, 0.25) is 0 Å². The van der Waals surface area contributed by atoms with Crippen LogP contribution < -0.4 is 0 Å². The van der Waals surface area contributed by atoms with Crippen LogP contribution in [0.4, 0.5) is 5.69 Å². The number of benzene rings is 2. The van der Waals surface area contributed by atoms with Crippen molar-refractivity contribution < 1.29 is 18.9 Å². The lowest BCUT2D eigenvalue weighted by atomic mass is 10.2. The highest BCUT2D eigenvalue weighted by atomic mass is 32.2. The summed E-state index contributed by atoms with van der Waals surface area (Å²) >= 11 is 1.32. The van der Waals surface area contributed by atoms with Gasteiger partial charge in [-0.15, -0.1) is 10.2 Å². The van der Waals surface area contributed by atoms with Gasteiger partial charge < -0.3 is 9.15 Å². The van der Waals surface area contributed by atoms with Crippen molar-refractivity contribution in [3.8, 4) is 0 Å². The van der Waals surface area contributed by atoms with E-state index >= 15 is 0 Å². The highest BCUT2D eigenvalue weighted by Gasteiger charge is 2.20. The van der Waals surface area contributed by atoms with E-state index in [-0.39, 0.29) is 23.7 Å². The number of nitro groups is 1. The van der Waals surface area contributed by atoms with E-state index in [9.17, 15) is 14.9 Å². The molecule has 0 radical (unpaired) electrons. The second-order valence-corrected chi connectivity index (χ2v) is 6.76. The summed E-state index contributed by atoms with van der Waals surface area (Å²) in [4.78, 5) is 24.5. The molecular formula is C18H15N3O5S. The van der Waals surface area contributed by atoms with Crippen molar-refractivity contribution in [1.82, 2.24) is 10.2 Å². The first kappa shape index (κ1) is 18.6. The number of carbonyl (C=O) groups excluding carboxylic acids is 1. The van der Waals surface area contributed by atoms with E-state index in [0.29, 0.717) is 10.8 Å². The van der Waals surface area contributed by atoms with E-state index in [4.69, 9.17) is 9.15 Å². The molecule has 0 fully saturated rings. The Bertz CT molecular complexity index is 985. The maximum atomic E-state index is 12.5. The van der Waals surface area contributed by atoms with Crippen molar-refractivity contribution in [3.63, 3.8) is 0 Å². The van der Waals surface area contributed by atoms with Gasteiger partial charge in [0.15, 0.2) is 6.61 Å². The Morgan fingerprint density at radius 3 is 2.56 bits per heavy atom. The number of aromatic nitrogens is 2. The average Bonchev–Trinajstić information content (AvgIpc) is 3.07. The summed E-state index contributed by atoms with van der Waals surface area (Å²) in [5, 5.41) is 18.5. The SMILES string of the molecule is Cc1ccc(Sc2ccc([N+](=O)[O-])cc2C(=O)OCc2nnc(C)o2)cc1. The van der Waals surface area contributed by atoms with Gasteiger partial charge in [-0.25, -0.2) is 4.79 Å². The molecule has 1 aromatic heterocycles. The van der Waals surface area contributed by atoms with Gasteiger partial charge in [-0.2, -0.15) is 0 Å². The third-order valence-corrected chi connectivity index (χ3v) is 4.62. The number of hydrogen-bond donors (Lipinski definition) is 0. The van der Waals surface area contributed by atoms with Crippen LogP contribution in [0.25, 0.3) is 0 Å². The van der Waals surface area contributed by atoms with Crippen LogP contribution in [0.1, 0.15) is 27.7 Å². The zero-order valence-corrected chi connectivity index (χ0v) is 15.4. The summed E-state index contributed by atoms with van der Waals surface area (Å²) in [7, 11) is 0. The Labute approximate surface area is 158 Å². The standard InChI is InChI=1S/C18H15N3O5S/c1-11-3-6-14(7-4-11)27-16-8-5-13(21(23)24)9-15(16)18(22)25-10-17-20-19-12(2)26-17/h3-9H,10H2,1-2H3. The highest BCUT2D eigenvalue weighted by molar-refractivity contribution is 7.99. The van der Waals surface area contributed by atoms with E-state index in [0.717, 1.165) is 10.5 Å². The molecule has 0 saturated heterocycles. The number of aryl methyl sites for hydroxylation is 2. The quantitative estimate of drug-likeness (QED) is 0.354. The molecule has 138 valence electrons. The smallest absolute Gasteiger partial charge is 0.340 e. The summed E-state index contributed by atoms with van der Waals surface area (Å²) < 4.78 is 10.3. The van der Waals surface area contributed by atoms with E-state index in [1.165, 1.54) is 30.0 Å². The van der Waals surface area contributed by atoms with Gasteiger partial charge in [-0.05, 0) is 25.1 Å². The Kier molecular flexibility index (Phi) is 5.51. The molecular weight excluding hydrogens is 370 g/mol. The molecule has 0 bridgehead atoms. The van der Waals surface area contributed by atoms with Gasteiger partial charge in [0.1, 0.15) is 0 Å². The molecule has 8 nitrogen and oxygen atoms in total. The predicted molar refractivity (Wildman–Crippen MR) is 96.6 cm³/mol. The first-order valence-corrected chi connectivity index (χ1v) is 8.73. The predicted octanol–water partition coefficient (Wildman–Crippen LogP) is 4.10. The topological polar surface area (TPSA) is 108 Å². The van der Waals surface area contributed by atoms with Crippen LogP contribution in [0.3, 0.4) is 0 Å². The minimum absolute atomic E-state index is 0.103. The molecule has 9 heteroatoms. The second-order valence-electron chi connectivity index (χ2n) is 5.64. The molecule has 0 unspecified atom stereocenters. The van der Waals surface area contributed by atoms with Gasteiger partial charge in [-0.3, -0.25) is 10.1 Å². The minimum Gasteiger partial charge on any atom is -0.452 e. The number of ether oxygens (including phenoxy) is 1. The number of non-ortho nitro benzene ring substituents is 1. The van der Waals surface area contributed by atoms with E-state index < -0.39 is 10.9 Å². The molecule has 0 aliphatic heterocycles. The summed E-state index contributed by atoms with van der Waals surface area (Å²) in [6, 6.07) is 11.8. The van der Waals surface area contributed by atoms with Crippen LogP contribution in [-0.2, 0) is 11.3 Å². The lowest BCUT2D eigenvalue weighted by molar-refractivity contribution is -0.384. The van der Waals surface area contributed by atoms with Crippen LogP contribution >= 0.6 is 11.8 Å². The molecule has 27 heavy (non-hydrogen) atoms. The Hall–Kier alpha value is -3.20. The molecule has 0 spiro atoms. The summed E-state index contributed by atoms with van der Waals surface area (Å²) in [5.41, 5.74) is 1.02. The van der Waals surface area contributed by atoms with Crippen molar-refractivity contribution in [1.29, 1.82) is 0 Å². The number of rotatable bonds is 6. The Morgan fingerprint density at radius 1 is 1.19 bits per heavy atom. The normalized spacial score (nSPS) is 10.6. The molecule has 0 aliphatic rings. The minimum atomic E-state index is -0.704. The van der Waals surface area contributed by atoms with Gasteiger partial charge in [0, 0.05) is 28.8 Å². The third-order valence-electron chi connectivity index (χ3n) is 3.54. The summed E-state index contributed by atoms with van der Waals surface area (Å²) in [6.07, 6.45) is 0. The molecule has 0 atom stereocenters. The van der Waals surface area contributed by atoms with Crippen LogP contribution in [0.15, 0.2) is 56.7 Å². The molecule has 0 saturated carbocycles. The van der Waals surface area contributed by atoms with E-state index in [1.807, 2.05) is 31.2 Å². The average molecular weight is 385 g/mol. The zero-order chi connectivity index (χ0) is 19.4. The van der Waals surface area contributed by atoms with Crippen molar-refractivity contribution in [2.75, 3.05) is 0 Å². The second kappa shape index (κ2) is 8.00. The fourth-order valence-corrected chi connectivity index (χ4v) is 3.13. The molecule has 2 aromatic carbocycles. The third kappa shape index (κ3) is 4.70. The van der Waals surface area contributed by atoms with E-state index in [2.05, 4.69) is 10.2 Å². The van der Waals surface area contributed by atoms with Crippen molar-refractivity contribution in [2.24, 2.45) is 0 Å².